The summed E-state index contributed by atoms with van der Waals surface area (Å²) in [7, 11) is 2.95. The van der Waals surface area contributed by atoms with E-state index < -0.39 is 0 Å². The van der Waals surface area contributed by atoms with Crippen molar-refractivity contribution in [3.05, 3.63) is 17.8 Å². The summed E-state index contributed by atoms with van der Waals surface area (Å²) < 4.78 is 9.69. The van der Waals surface area contributed by atoms with Crippen LogP contribution in [0.25, 0.3) is 0 Å². The van der Waals surface area contributed by atoms with Gasteiger partial charge in [0.25, 0.3) is 0 Å². The maximum atomic E-state index is 10.3. The summed E-state index contributed by atoms with van der Waals surface area (Å²) in [5, 5.41) is 0. The van der Waals surface area contributed by atoms with Gasteiger partial charge < -0.3 is 9.47 Å². The molecule has 12 heavy (non-hydrogen) atoms. The van der Waals surface area contributed by atoms with Gasteiger partial charge in [0.15, 0.2) is 6.29 Å². The van der Waals surface area contributed by atoms with E-state index in [0.717, 1.165) is 0 Å². The average molecular weight is 166 g/mol. The first-order valence-corrected chi connectivity index (χ1v) is 3.27. The van der Waals surface area contributed by atoms with E-state index in [4.69, 9.17) is 9.47 Å². The monoisotopic (exact) mass is 166 g/mol. The summed E-state index contributed by atoms with van der Waals surface area (Å²) in [6, 6.07) is 4.19. The Morgan fingerprint density at radius 2 is 2.25 bits per heavy atom. The number of rotatable bonds is 3. The highest BCUT2D eigenvalue weighted by atomic mass is 16.5. The molecule has 0 amide bonds. The quantitative estimate of drug-likeness (QED) is 0.620. The van der Waals surface area contributed by atoms with Gasteiger partial charge in [-0.2, -0.15) is 0 Å². The van der Waals surface area contributed by atoms with Crippen molar-refractivity contribution < 1.29 is 14.3 Å². The van der Waals surface area contributed by atoms with E-state index in [1.165, 1.54) is 14.2 Å². The molecule has 0 fully saturated rings. The van der Waals surface area contributed by atoms with E-state index in [9.17, 15) is 4.79 Å². The second kappa shape index (κ2) is 3.71. The Hall–Kier alpha value is -1.58. The lowest BCUT2D eigenvalue weighted by Crippen LogP contribution is -1.94. The molecule has 0 aromatic carbocycles. The molecule has 0 spiro atoms. The standard InChI is InChI=1S/C8H8NO3/c1-11-7-3-6(5-10)9-8(4-7)12-2/h4-5H,1-2H3. The van der Waals surface area contributed by atoms with E-state index in [2.05, 4.69) is 11.1 Å². The Balaban J connectivity index is 3.09. The highest BCUT2D eigenvalue weighted by Crippen LogP contribution is 2.16. The van der Waals surface area contributed by atoms with Crippen molar-refractivity contribution >= 4 is 6.29 Å². The van der Waals surface area contributed by atoms with Gasteiger partial charge in [-0.15, -0.1) is 0 Å². The predicted octanol–water partition coefficient (Wildman–Crippen LogP) is 0.711. The van der Waals surface area contributed by atoms with Crippen LogP contribution in [0.5, 0.6) is 11.6 Å². The van der Waals surface area contributed by atoms with Gasteiger partial charge in [-0.05, 0) is 0 Å². The van der Waals surface area contributed by atoms with E-state index in [0.29, 0.717) is 17.9 Å². The molecule has 1 radical (unpaired) electrons. The maximum Gasteiger partial charge on any atom is 0.217 e. The van der Waals surface area contributed by atoms with Crippen molar-refractivity contribution in [1.29, 1.82) is 0 Å². The second-order valence-corrected chi connectivity index (χ2v) is 1.99. The fourth-order valence-corrected chi connectivity index (χ4v) is 0.724. The van der Waals surface area contributed by atoms with Crippen LogP contribution in [-0.4, -0.2) is 25.5 Å². The molecule has 0 aliphatic carbocycles. The third kappa shape index (κ3) is 1.72. The average Bonchev–Trinajstić information content (AvgIpc) is 2.16. The summed E-state index contributed by atoms with van der Waals surface area (Å²) in [6.45, 7) is 0. The van der Waals surface area contributed by atoms with Crippen LogP contribution >= 0.6 is 0 Å². The molecule has 4 nitrogen and oxygen atoms in total. The summed E-state index contributed by atoms with van der Waals surface area (Å²) in [5.41, 5.74) is 0.172. The van der Waals surface area contributed by atoms with Gasteiger partial charge in [0.2, 0.25) is 5.88 Å². The van der Waals surface area contributed by atoms with Crippen molar-refractivity contribution in [3.8, 4) is 11.6 Å². The van der Waals surface area contributed by atoms with Gasteiger partial charge >= 0.3 is 0 Å². The molecule has 0 saturated carbocycles. The van der Waals surface area contributed by atoms with E-state index in [1.807, 2.05) is 0 Å². The van der Waals surface area contributed by atoms with Gasteiger partial charge in [0.05, 0.1) is 20.3 Å². The molecule has 1 aromatic heterocycles. The van der Waals surface area contributed by atoms with Crippen molar-refractivity contribution in [3.63, 3.8) is 0 Å². The zero-order chi connectivity index (χ0) is 8.97. The molecule has 63 valence electrons. The number of pyridine rings is 1. The minimum atomic E-state index is 0.172. The molecule has 0 N–H and O–H groups in total. The van der Waals surface area contributed by atoms with Crippen LogP contribution in [0.2, 0.25) is 0 Å². The number of aromatic nitrogens is 1. The first-order valence-electron chi connectivity index (χ1n) is 3.27. The van der Waals surface area contributed by atoms with Crippen LogP contribution < -0.4 is 9.47 Å². The smallest absolute Gasteiger partial charge is 0.217 e. The Bertz CT molecular complexity index is 263. The molecule has 0 atom stereocenters. The Kier molecular flexibility index (Phi) is 2.63. The predicted molar refractivity (Wildman–Crippen MR) is 41.6 cm³/mol. The van der Waals surface area contributed by atoms with Crippen LogP contribution in [0.15, 0.2) is 6.07 Å². The third-order valence-electron chi connectivity index (χ3n) is 1.28. The van der Waals surface area contributed by atoms with E-state index in [-0.39, 0.29) is 5.69 Å². The SMILES string of the molecule is COc1[c]c(C=O)nc(OC)c1. The molecular formula is C8H8NO3. The number of hydrogen-bond donors (Lipinski definition) is 0. The molecule has 1 rings (SSSR count). The van der Waals surface area contributed by atoms with Crippen molar-refractivity contribution in [2.75, 3.05) is 14.2 Å². The van der Waals surface area contributed by atoms with Gasteiger partial charge in [-0.25, -0.2) is 4.98 Å². The largest absolute Gasteiger partial charge is 0.496 e. The van der Waals surface area contributed by atoms with Crippen LogP contribution in [0.3, 0.4) is 0 Å². The summed E-state index contributed by atoms with van der Waals surface area (Å²) in [6.07, 6.45) is 0.588. The molecule has 0 saturated heterocycles. The van der Waals surface area contributed by atoms with Crippen LogP contribution in [0.1, 0.15) is 10.5 Å². The fraction of sp³-hybridized carbons (Fsp3) is 0.250. The minimum Gasteiger partial charge on any atom is -0.496 e. The Morgan fingerprint density at radius 1 is 1.50 bits per heavy atom. The molecular weight excluding hydrogens is 158 g/mol. The number of hydrogen-bond acceptors (Lipinski definition) is 4. The van der Waals surface area contributed by atoms with Gasteiger partial charge in [-0.3, -0.25) is 4.79 Å². The minimum absolute atomic E-state index is 0.172. The molecule has 1 heterocycles. The molecule has 0 aliphatic rings. The molecule has 0 bridgehead atoms. The van der Waals surface area contributed by atoms with Gasteiger partial charge in [0, 0.05) is 6.07 Å². The zero-order valence-electron chi connectivity index (χ0n) is 6.83. The van der Waals surface area contributed by atoms with Crippen molar-refractivity contribution in [2.24, 2.45) is 0 Å². The Morgan fingerprint density at radius 3 is 2.75 bits per heavy atom. The highest BCUT2D eigenvalue weighted by Gasteiger charge is 2.01. The lowest BCUT2D eigenvalue weighted by atomic mass is 10.3. The van der Waals surface area contributed by atoms with E-state index in [1.54, 1.807) is 6.07 Å². The second-order valence-electron chi connectivity index (χ2n) is 1.99. The molecule has 0 aliphatic heterocycles. The van der Waals surface area contributed by atoms with Crippen LogP contribution in [0.4, 0.5) is 0 Å². The number of methoxy groups -OCH3 is 2. The number of nitrogens with zero attached hydrogens (tertiary/aromatic N) is 1. The summed E-state index contributed by atoms with van der Waals surface area (Å²) >= 11 is 0. The van der Waals surface area contributed by atoms with Gasteiger partial charge in [-0.1, -0.05) is 0 Å². The van der Waals surface area contributed by atoms with Gasteiger partial charge in [0.1, 0.15) is 11.4 Å². The Labute approximate surface area is 70.1 Å². The summed E-state index contributed by atoms with van der Waals surface area (Å²) in [5.74, 6) is 0.775. The van der Waals surface area contributed by atoms with Crippen LogP contribution in [-0.2, 0) is 0 Å². The maximum absolute atomic E-state index is 10.3. The van der Waals surface area contributed by atoms with Crippen LogP contribution in [0, 0.1) is 6.07 Å². The number of carbonyl (C=O) groups excluding carboxylic acids is 1. The first-order chi connectivity index (χ1) is 5.80. The number of carbonyl (C=O) groups is 1. The molecule has 1 aromatic rings. The number of ether oxygens (including phenoxy) is 2. The zero-order valence-corrected chi connectivity index (χ0v) is 6.83. The lowest BCUT2D eigenvalue weighted by molar-refractivity contribution is 0.111. The third-order valence-corrected chi connectivity index (χ3v) is 1.28. The van der Waals surface area contributed by atoms with Crippen molar-refractivity contribution in [1.82, 2.24) is 4.98 Å². The number of aldehydes is 1. The first kappa shape index (κ1) is 8.52. The normalized spacial score (nSPS) is 9.17. The molecule has 0 unspecified atom stereocenters. The van der Waals surface area contributed by atoms with E-state index >= 15 is 0 Å². The lowest BCUT2D eigenvalue weighted by Gasteiger charge is -2.02. The fourth-order valence-electron chi connectivity index (χ4n) is 0.724. The van der Waals surface area contributed by atoms with Crippen molar-refractivity contribution in [2.45, 2.75) is 0 Å². The summed E-state index contributed by atoms with van der Waals surface area (Å²) in [4.78, 5) is 14.1. The highest BCUT2D eigenvalue weighted by molar-refractivity contribution is 5.72. The topological polar surface area (TPSA) is 48.4 Å². The molecule has 4 heteroatoms.